The van der Waals surface area contributed by atoms with Crippen molar-refractivity contribution in [3.05, 3.63) is 0 Å². The van der Waals surface area contributed by atoms with Crippen molar-refractivity contribution in [3.63, 3.8) is 0 Å². The maximum atomic E-state index is 12.6. The van der Waals surface area contributed by atoms with Gasteiger partial charge >= 0.3 is 5.97 Å². The van der Waals surface area contributed by atoms with E-state index in [2.05, 4.69) is 30.6 Å². The fourth-order valence-corrected chi connectivity index (χ4v) is 6.35. The number of hydrogen-bond acceptors (Lipinski definition) is 7. The normalized spacial score (nSPS) is 11.1. The van der Waals surface area contributed by atoms with Gasteiger partial charge in [0, 0.05) is 52.3 Å². The number of aliphatic hydroxyl groups excluding tert-OH is 2. The second kappa shape index (κ2) is 49.4. The van der Waals surface area contributed by atoms with Crippen LogP contribution < -0.4 is 0 Å². The number of rotatable bonds is 39. The third-order valence-corrected chi connectivity index (χ3v) is 9.55. The summed E-state index contributed by atoms with van der Waals surface area (Å²) in [6.07, 6.45) is 36.8. The Kier molecular flexibility index (Phi) is 54.0. The van der Waals surface area contributed by atoms with E-state index in [1.165, 1.54) is 122 Å². The zero-order valence-corrected chi connectivity index (χ0v) is 36.7. The molecule has 7 nitrogen and oxygen atoms in total. The van der Waals surface area contributed by atoms with Crippen LogP contribution in [0.2, 0.25) is 0 Å². The van der Waals surface area contributed by atoms with Gasteiger partial charge in [0.05, 0.1) is 13.2 Å². The fraction of sp³-hybridized carbons (Fsp3) is 0.976. The number of ether oxygens (including phenoxy) is 1. The van der Waals surface area contributed by atoms with E-state index in [0.29, 0.717) is 13.0 Å². The predicted octanol–water partition coefficient (Wildman–Crippen LogP) is 11.8. The van der Waals surface area contributed by atoms with Crippen LogP contribution in [0.1, 0.15) is 220 Å². The summed E-state index contributed by atoms with van der Waals surface area (Å²) in [4.78, 5) is 18.9. The smallest absolute Gasteiger partial charge is 0.306 e. The van der Waals surface area contributed by atoms with Gasteiger partial charge in [-0.1, -0.05) is 156 Å². The summed E-state index contributed by atoms with van der Waals surface area (Å²) in [7, 11) is 0. The molecule has 0 aromatic rings. The fourth-order valence-electron chi connectivity index (χ4n) is 6.35. The minimum Gasteiger partial charge on any atom is -0.462 e. The third-order valence-electron chi connectivity index (χ3n) is 9.55. The molecule has 8 heteroatoms. The zero-order chi connectivity index (χ0) is 36.3. The largest absolute Gasteiger partial charge is 0.462 e. The molecule has 0 heterocycles. The maximum Gasteiger partial charge on any atom is 0.306 e. The van der Waals surface area contributed by atoms with Crippen LogP contribution in [-0.4, -0.2) is 71.9 Å². The molecule has 50 heavy (non-hydrogen) atoms. The summed E-state index contributed by atoms with van der Waals surface area (Å²) in [5.74, 6) is 0.0160. The van der Waals surface area contributed by atoms with Gasteiger partial charge in [0.25, 0.3) is 0 Å². The van der Waals surface area contributed by atoms with Crippen LogP contribution in [-0.2, 0) is 47.1 Å². The van der Waals surface area contributed by atoms with Gasteiger partial charge in [-0.25, -0.2) is 4.89 Å². The molecule has 0 aromatic carbocycles. The molecule has 0 rings (SSSR count). The first-order valence-corrected chi connectivity index (χ1v) is 21.5. The van der Waals surface area contributed by atoms with Crippen LogP contribution in [0.3, 0.4) is 0 Å². The standard InChI is InChI=1S/C33H67NO4.C9H20O2.Y/c1-3-5-7-9-12-18-24-32(25-19-13-10-8-6-4-2)38-33(37)26-20-14-11-15-21-27-34(29-31-36)28-22-16-17-23-30-35;1-2-3-4-5-6-7-8-9-11-10;/h32,35-36H,3-31H2,1-2H3;10H,2-9H2,1H3;. The third kappa shape index (κ3) is 46.4. The average Bonchev–Trinajstić information content (AvgIpc) is 3.10. The van der Waals surface area contributed by atoms with E-state index in [9.17, 15) is 9.90 Å². The molecule has 0 fully saturated rings. The number of aliphatic hydroxyl groups is 2. The molecule has 0 aliphatic heterocycles. The van der Waals surface area contributed by atoms with Gasteiger partial charge in [-0.2, -0.15) is 0 Å². The number of unbranched alkanes of at least 4 members (excludes halogenated alkanes) is 23. The molecule has 0 aromatic heterocycles. The second-order valence-corrected chi connectivity index (χ2v) is 14.4. The SMILES string of the molecule is CCCCCCCCC(CCCCCCCC)OC(=O)CCCCCCCN(CCO)CCCCCCO.CCCCCCCCCOO.[Y]. The predicted molar refractivity (Wildman–Crippen MR) is 209 cm³/mol. The van der Waals surface area contributed by atoms with Gasteiger partial charge in [0.15, 0.2) is 0 Å². The Bertz CT molecular complexity index is 591. The van der Waals surface area contributed by atoms with Crippen molar-refractivity contribution >= 4 is 5.97 Å². The van der Waals surface area contributed by atoms with Crippen LogP contribution in [0.25, 0.3) is 0 Å². The summed E-state index contributed by atoms with van der Waals surface area (Å²) in [6.45, 7) is 10.6. The molecule has 0 aliphatic carbocycles. The number of hydrogen-bond donors (Lipinski definition) is 3. The Labute approximate surface area is 337 Å². The molecule has 0 atom stereocenters. The van der Waals surface area contributed by atoms with Crippen molar-refractivity contribution in [3.8, 4) is 0 Å². The maximum absolute atomic E-state index is 12.6. The Morgan fingerprint density at radius 1 is 0.500 bits per heavy atom. The molecule has 0 amide bonds. The molecule has 0 aliphatic rings. The minimum atomic E-state index is 0. The van der Waals surface area contributed by atoms with Crippen molar-refractivity contribution in [1.82, 2.24) is 4.90 Å². The number of carbonyl (C=O) groups is 1. The topological polar surface area (TPSA) is 99.5 Å². The van der Waals surface area contributed by atoms with Crippen molar-refractivity contribution < 1.29 is 62.6 Å². The first-order valence-electron chi connectivity index (χ1n) is 21.5. The van der Waals surface area contributed by atoms with Gasteiger partial charge in [0.2, 0.25) is 0 Å². The van der Waals surface area contributed by atoms with Crippen LogP contribution in [0, 0.1) is 0 Å². The van der Waals surface area contributed by atoms with Gasteiger partial charge in [-0.3, -0.25) is 10.1 Å². The molecule has 0 spiro atoms. The van der Waals surface area contributed by atoms with Crippen molar-refractivity contribution in [2.24, 2.45) is 0 Å². The molecule has 0 saturated heterocycles. The van der Waals surface area contributed by atoms with E-state index in [1.54, 1.807) is 0 Å². The minimum absolute atomic E-state index is 0. The summed E-state index contributed by atoms with van der Waals surface area (Å²) < 4.78 is 5.97. The summed E-state index contributed by atoms with van der Waals surface area (Å²) in [6, 6.07) is 0. The van der Waals surface area contributed by atoms with E-state index in [0.717, 1.165) is 90.3 Å². The van der Waals surface area contributed by atoms with Crippen LogP contribution in [0.5, 0.6) is 0 Å². The molecular formula is C42H87NO6Y. The first kappa shape index (κ1) is 54.7. The molecule has 3 N–H and O–H groups in total. The summed E-state index contributed by atoms with van der Waals surface area (Å²) in [5.41, 5.74) is 0. The van der Waals surface area contributed by atoms with E-state index in [1.807, 2.05) is 0 Å². The van der Waals surface area contributed by atoms with E-state index < -0.39 is 0 Å². The van der Waals surface area contributed by atoms with Gasteiger partial charge in [0.1, 0.15) is 6.10 Å². The van der Waals surface area contributed by atoms with E-state index >= 15 is 0 Å². The Balaban J connectivity index is -0.00000157. The molecule has 299 valence electrons. The summed E-state index contributed by atoms with van der Waals surface area (Å²) >= 11 is 0. The molecular weight excluding hydrogens is 703 g/mol. The quantitative estimate of drug-likeness (QED) is 0.0247. The van der Waals surface area contributed by atoms with Gasteiger partial charge < -0.3 is 19.8 Å². The van der Waals surface area contributed by atoms with Crippen molar-refractivity contribution in [2.75, 3.05) is 39.5 Å². The van der Waals surface area contributed by atoms with E-state index in [-0.39, 0.29) is 58.0 Å². The number of carbonyl (C=O) groups excluding carboxylic acids is 1. The van der Waals surface area contributed by atoms with Crippen LogP contribution in [0.4, 0.5) is 0 Å². The van der Waals surface area contributed by atoms with Crippen LogP contribution in [0.15, 0.2) is 0 Å². The van der Waals surface area contributed by atoms with Gasteiger partial charge in [-0.05, 0) is 70.9 Å². The molecule has 1 radical (unpaired) electrons. The van der Waals surface area contributed by atoms with Crippen LogP contribution >= 0.6 is 0 Å². The average molecular weight is 791 g/mol. The second-order valence-electron chi connectivity index (χ2n) is 14.4. The summed E-state index contributed by atoms with van der Waals surface area (Å²) in [5, 5.41) is 26.2. The van der Waals surface area contributed by atoms with E-state index in [4.69, 9.17) is 15.1 Å². The van der Waals surface area contributed by atoms with Crippen molar-refractivity contribution in [1.29, 1.82) is 0 Å². The number of nitrogens with zero attached hydrogens (tertiary/aromatic N) is 1. The molecule has 0 unspecified atom stereocenters. The first-order chi connectivity index (χ1) is 24.1. The monoisotopic (exact) mass is 791 g/mol. The zero-order valence-electron chi connectivity index (χ0n) is 33.8. The molecule has 0 bridgehead atoms. The Morgan fingerprint density at radius 3 is 1.34 bits per heavy atom. The van der Waals surface area contributed by atoms with Gasteiger partial charge in [-0.15, -0.1) is 0 Å². The van der Waals surface area contributed by atoms with Crippen molar-refractivity contribution in [2.45, 2.75) is 226 Å². The Hall–Kier alpha value is 0.374. The number of esters is 1. The molecule has 0 saturated carbocycles. The Morgan fingerprint density at radius 2 is 0.900 bits per heavy atom.